The summed E-state index contributed by atoms with van der Waals surface area (Å²) in [6.07, 6.45) is 15.0. The highest BCUT2D eigenvalue weighted by atomic mass is 16.5. The monoisotopic (exact) mass is 500 g/mol. The maximum absolute atomic E-state index is 12.2. The fourth-order valence-electron chi connectivity index (χ4n) is 3.76. The number of ether oxygens (including phenoxy) is 1. The predicted molar refractivity (Wildman–Crippen MR) is 135 cm³/mol. The Morgan fingerprint density at radius 3 is 1.94 bits per heavy atom. The molecule has 9 nitrogen and oxygen atoms in total. The second-order valence-corrected chi connectivity index (χ2v) is 9.14. The molecule has 2 unspecified atom stereocenters. The third kappa shape index (κ3) is 19.8. The van der Waals surface area contributed by atoms with Crippen LogP contribution in [0.4, 0.5) is 0 Å². The zero-order valence-corrected chi connectivity index (χ0v) is 21.8. The molecule has 0 saturated heterocycles. The molecule has 0 aliphatic rings. The van der Waals surface area contributed by atoms with E-state index in [0.29, 0.717) is 12.8 Å². The van der Waals surface area contributed by atoms with Gasteiger partial charge in [0, 0.05) is 12.8 Å². The number of aliphatic hydroxyl groups excluding tert-OH is 1. The Hall–Kier alpha value is -2.16. The molecule has 35 heavy (non-hydrogen) atoms. The van der Waals surface area contributed by atoms with Gasteiger partial charge in [-0.2, -0.15) is 0 Å². The molecule has 0 rings (SSSR count). The summed E-state index contributed by atoms with van der Waals surface area (Å²) < 4.78 is 5.68. The minimum atomic E-state index is -1.38. The lowest BCUT2D eigenvalue weighted by atomic mass is 10.0. The van der Waals surface area contributed by atoms with Gasteiger partial charge in [-0.1, -0.05) is 71.6 Å². The van der Waals surface area contributed by atoms with Crippen molar-refractivity contribution in [2.45, 2.75) is 129 Å². The van der Waals surface area contributed by atoms with Crippen molar-refractivity contribution in [2.75, 3.05) is 13.2 Å². The number of carboxylic acids is 1. The van der Waals surface area contributed by atoms with Crippen molar-refractivity contribution >= 4 is 23.8 Å². The van der Waals surface area contributed by atoms with E-state index in [9.17, 15) is 19.2 Å². The number of carboxylic acid groups (broad SMARTS) is 1. The standard InChI is InChI=1S/C26H48N2O7/c1-3-5-6-7-8-9-10-14-18-25(32)35-21(15-4-2)16-12-11-13-17-23(30)27-19-24(31)28-22(20-29)26(33)34/h21-22,29H,3-20H2,1-2H3,(H,27,30)(H,28,31)(H,33,34). The molecule has 2 atom stereocenters. The number of carbonyl (C=O) groups excluding carboxylic acids is 3. The number of esters is 1. The van der Waals surface area contributed by atoms with Crippen LogP contribution in [0.25, 0.3) is 0 Å². The van der Waals surface area contributed by atoms with Crippen LogP contribution in [0.1, 0.15) is 117 Å². The smallest absolute Gasteiger partial charge is 0.328 e. The maximum atomic E-state index is 12.2. The molecule has 204 valence electrons. The molecule has 2 amide bonds. The molecule has 4 N–H and O–H groups in total. The van der Waals surface area contributed by atoms with Gasteiger partial charge in [0.2, 0.25) is 11.8 Å². The van der Waals surface area contributed by atoms with Crippen LogP contribution in [-0.4, -0.2) is 59.3 Å². The van der Waals surface area contributed by atoms with Crippen molar-refractivity contribution in [3.63, 3.8) is 0 Å². The summed E-state index contributed by atoms with van der Waals surface area (Å²) in [5, 5.41) is 22.2. The van der Waals surface area contributed by atoms with E-state index in [-0.39, 0.29) is 30.9 Å². The summed E-state index contributed by atoms with van der Waals surface area (Å²) in [4.78, 5) is 46.4. The second kappa shape index (κ2) is 22.3. The van der Waals surface area contributed by atoms with Gasteiger partial charge in [-0.15, -0.1) is 0 Å². The van der Waals surface area contributed by atoms with Gasteiger partial charge in [-0.3, -0.25) is 14.4 Å². The zero-order chi connectivity index (χ0) is 26.3. The van der Waals surface area contributed by atoms with E-state index in [0.717, 1.165) is 44.9 Å². The highest BCUT2D eigenvalue weighted by Gasteiger charge is 2.19. The number of hydrogen-bond acceptors (Lipinski definition) is 6. The maximum Gasteiger partial charge on any atom is 0.328 e. The van der Waals surface area contributed by atoms with Crippen LogP contribution >= 0.6 is 0 Å². The highest BCUT2D eigenvalue weighted by Crippen LogP contribution is 2.15. The minimum Gasteiger partial charge on any atom is -0.480 e. The molecular weight excluding hydrogens is 452 g/mol. The summed E-state index contributed by atoms with van der Waals surface area (Å²) in [7, 11) is 0. The average Bonchev–Trinajstić information content (AvgIpc) is 2.82. The number of aliphatic hydroxyl groups is 1. The Balaban J connectivity index is 3.92. The molecule has 0 aromatic carbocycles. The van der Waals surface area contributed by atoms with Crippen LogP contribution in [0.3, 0.4) is 0 Å². The third-order valence-electron chi connectivity index (χ3n) is 5.84. The molecule has 9 heteroatoms. The van der Waals surface area contributed by atoms with Gasteiger partial charge < -0.3 is 25.6 Å². The van der Waals surface area contributed by atoms with Crippen LogP contribution in [0, 0.1) is 0 Å². The number of rotatable bonds is 23. The second-order valence-electron chi connectivity index (χ2n) is 9.14. The van der Waals surface area contributed by atoms with Crippen LogP contribution < -0.4 is 10.6 Å². The molecule has 0 bridgehead atoms. The fraction of sp³-hybridized carbons (Fsp3) is 0.846. The number of amides is 2. The number of aliphatic carboxylic acids is 1. The molecule has 0 aromatic rings. The van der Waals surface area contributed by atoms with E-state index in [1.165, 1.54) is 38.5 Å². The Labute approximate surface area is 210 Å². The summed E-state index contributed by atoms with van der Waals surface area (Å²) in [6, 6.07) is -1.38. The van der Waals surface area contributed by atoms with Gasteiger partial charge in [0.25, 0.3) is 0 Å². The summed E-state index contributed by atoms with van der Waals surface area (Å²) in [6.45, 7) is 3.22. The predicted octanol–water partition coefficient (Wildman–Crippen LogP) is 3.86. The number of nitrogens with one attached hydrogen (secondary N) is 2. The number of unbranched alkanes of at least 4 members (excludes halogenated alkanes) is 9. The van der Waals surface area contributed by atoms with Crippen LogP contribution in [0.5, 0.6) is 0 Å². The summed E-state index contributed by atoms with van der Waals surface area (Å²) >= 11 is 0. The van der Waals surface area contributed by atoms with E-state index in [1.54, 1.807) is 0 Å². The van der Waals surface area contributed by atoms with Gasteiger partial charge in [0.1, 0.15) is 12.1 Å². The quantitative estimate of drug-likeness (QED) is 0.123. The van der Waals surface area contributed by atoms with Gasteiger partial charge in [0.15, 0.2) is 0 Å². The molecule has 0 spiro atoms. The number of carbonyl (C=O) groups is 4. The largest absolute Gasteiger partial charge is 0.480 e. The Bertz CT molecular complexity index is 598. The van der Waals surface area contributed by atoms with Crippen molar-refractivity contribution < 1.29 is 34.1 Å². The first kappa shape index (κ1) is 32.8. The Morgan fingerprint density at radius 1 is 0.743 bits per heavy atom. The van der Waals surface area contributed by atoms with E-state index < -0.39 is 24.5 Å². The highest BCUT2D eigenvalue weighted by molar-refractivity contribution is 5.87. The topological polar surface area (TPSA) is 142 Å². The lowest BCUT2D eigenvalue weighted by Gasteiger charge is -2.17. The first-order valence-corrected chi connectivity index (χ1v) is 13.4. The van der Waals surface area contributed by atoms with E-state index in [4.69, 9.17) is 14.9 Å². The van der Waals surface area contributed by atoms with Gasteiger partial charge in [-0.25, -0.2) is 4.79 Å². The SMILES string of the molecule is CCCCCCCCCCC(=O)OC(CCC)CCCCCC(=O)NCC(=O)NC(CO)C(=O)O. The van der Waals surface area contributed by atoms with Crippen molar-refractivity contribution in [2.24, 2.45) is 0 Å². The Kier molecular flexibility index (Phi) is 20.9. The lowest BCUT2D eigenvalue weighted by Crippen LogP contribution is -2.47. The van der Waals surface area contributed by atoms with E-state index in [1.807, 2.05) is 0 Å². The van der Waals surface area contributed by atoms with Crippen molar-refractivity contribution in [1.29, 1.82) is 0 Å². The van der Waals surface area contributed by atoms with Crippen molar-refractivity contribution in [3.8, 4) is 0 Å². The normalized spacial score (nSPS) is 12.5. The van der Waals surface area contributed by atoms with Crippen LogP contribution in [0.15, 0.2) is 0 Å². The lowest BCUT2D eigenvalue weighted by molar-refractivity contribution is -0.150. The van der Waals surface area contributed by atoms with E-state index in [2.05, 4.69) is 24.5 Å². The van der Waals surface area contributed by atoms with Crippen molar-refractivity contribution in [3.05, 3.63) is 0 Å². The van der Waals surface area contributed by atoms with Crippen molar-refractivity contribution in [1.82, 2.24) is 10.6 Å². The Morgan fingerprint density at radius 2 is 1.34 bits per heavy atom. The van der Waals surface area contributed by atoms with E-state index >= 15 is 0 Å². The molecule has 0 radical (unpaired) electrons. The van der Waals surface area contributed by atoms with Crippen LogP contribution in [0.2, 0.25) is 0 Å². The summed E-state index contributed by atoms with van der Waals surface area (Å²) in [5.74, 6) is -2.42. The van der Waals surface area contributed by atoms with Gasteiger partial charge >= 0.3 is 11.9 Å². The van der Waals surface area contributed by atoms with Gasteiger partial charge in [-0.05, 0) is 32.1 Å². The first-order chi connectivity index (χ1) is 16.8. The first-order valence-electron chi connectivity index (χ1n) is 13.4. The molecule has 0 fully saturated rings. The molecule has 0 aromatic heterocycles. The average molecular weight is 501 g/mol. The number of hydrogen-bond donors (Lipinski definition) is 4. The van der Waals surface area contributed by atoms with Gasteiger partial charge in [0.05, 0.1) is 13.2 Å². The summed E-state index contributed by atoms with van der Waals surface area (Å²) in [5.41, 5.74) is 0. The third-order valence-corrected chi connectivity index (χ3v) is 5.84. The molecular formula is C26H48N2O7. The van der Waals surface area contributed by atoms with Crippen LogP contribution in [-0.2, 0) is 23.9 Å². The fourth-order valence-corrected chi connectivity index (χ4v) is 3.76. The minimum absolute atomic E-state index is 0.0761. The molecule has 0 heterocycles. The zero-order valence-electron chi connectivity index (χ0n) is 21.8. The molecule has 0 aliphatic carbocycles. The molecule has 0 saturated carbocycles. The molecule has 0 aliphatic heterocycles.